The van der Waals surface area contributed by atoms with Gasteiger partial charge in [0.2, 0.25) is 5.82 Å². The van der Waals surface area contributed by atoms with Crippen molar-refractivity contribution in [3.8, 4) is 0 Å². The number of nitrogens with zero attached hydrogens (tertiary/aromatic N) is 3. The van der Waals surface area contributed by atoms with Gasteiger partial charge in [0.05, 0.1) is 11.5 Å². The molecule has 0 aliphatic rings. The first-order chi connectivity index (χ1) is 9.40. The van der Waals surface area contributed by atoms with Gasteiger partial charge in [0, 0.05) is 20.8 Å². The Bertz CT molecular complexity index is 635. The van der Waals surface area contributed by atoms with Crippen LogP contribution in [-0.2, 0) is 6.54 Å². The second-order valence-electron chi connectivity index (χ2n) is 4.66. The van der Waals surface area contributed by atoms with E-state index in [-0.39, 0.29) is 16.7 Å². The number of hydrogen-bond donors (Lipinski definition) is 1. The molecule has 2 aromatic rings. The van der Waals surface area contributed by atoms with Crippen molar-refractivity contribution in [1.29, 1.82) is 0 Å². The summed E-state index contributed by atoms with van der Waals surface area (Å²) in [7, 11) is 0. The van der Waals surface area contributed by atoms with Gasteiger partial charge in [-0.25, -0.2) is 4.68 Å². The molecule has 0 spiro atoms. The van der Waals surface area contributed by atoms with Gasteiger partial charge in [-0.3, -0.25) is 10.1 Å². The summed E-state index contributed by atoms with van der Waals surface area (Å²) in [5.74, 6) is 0.465. The Balaban J connectivity index is 2.31. The van der Waals surface area contributed by atoms with Crippen LogP contribution in [0, 0.1) is 17.0 Å². The fraction of sp³-hybridized carbons (Fsp3) is 0.417. The van der Waals surface area contributed by atoms with Gasteiger partial charge in [0.25, 0.3) is 0 Å². The van der Waals surface area contributed by atoms with Crippen LogP contribution in [0.1, 0.15) is 30.5 Å². The second kappa shape index (κ2) is 5.92. The molecule has 0 bridgehead atoms. The summed E-state index contributed by atoms with van der Waals surface area (Å²) in [5, 5.41) is 20.6. The number of nitrogens with one attached hydrogen (secondary N) is 1. The van der Waals surface area contributed by atoms with E-state index in [0.29, 0.717) is 18.1 Å². The topological polar surface area (TPSA) is 73.0 Å². The molecule has 2 aromatic heterocycles. The lowest BCUT2D eigenvalue weighted by molar-refractivity contribution is -0.384. The van der Waals surface area contributed by atoms with Gasteiger partial charge in [0.1, 0.15) is 5.69 Å². The molecular weight excluding hydrogens is 344 g/mol. The number of halogens is 1. The molecular formula is C12H15BrN4O2S. The monoisotopic (exact) mass is 358 g/mol. The molecule has 0 aromatic carbocycles. The van der Waals surface area contributed by atoms with E-state index in [1.54, 1.807) is 22.9 Å². The molecule has 0 saturated heterocycles. The molecule has 108 valence electrons. The lowest BCUT2D eigenvalue weighted by Crippen LogP contribution is -2.10. The number of hydrogen-bond acceptors (Lipinski definition) is 5. The number of nitro groups is 1. The van der Waals surface area contributed by atoms with E-state index >= 15 is 0 Å². The van der Waals surface area contributed by atoms with Gasteiger partial charge < -0.3 is 5.32 Å². The van der Waals surface area contributed by atoms with Crippen molar-refractivity contribution in [3.05, 3.63) is 36.6 Å². The van der Waals surface area contributed by atoms with Crippen LogP contribution < -0.4 is 5.32 Å². The minimum Gasteiger partial charge on any atom is -0.360 e. The molecule has 0 unspecified atom stereocenters. The predicted molar refractivity (Wildman–Crippen MR) is 83.3 cm³/mol. The van der Waals surface area contributed by atoms with Crippen LogP contribution in [0.15, 0.2) is 15.9 Å². The van der Waals surface area contributed by atoms with Gasteiger partial charge in [-0.1, -0.05) is 0 Å². The third-order valence-electron chi connectivity index (χ3n) is 2.78. The summed E-state index contributed by atoms with van der Waals surface area (Å²) in [4.78, 5) is 11.9. The molecule has 2 rings (SSSR count). The predicted octanol–water partition coefficient (Wildman–Crippen LogP) is 4.12. The average Bonchev–Trinajstić information content (AvgIpc) is 2.90. The SMILES string of the molecule is Cc1nn(C(C)C)c(NCc2cc(Br)cs2)c1[N+](=O)[O-]. The molecule has 1 N–H and O–H groups in total. The highest BCUT2D eigenvalue weighted by molar-refractivity contribution is 9.10. The van der Waals surface area contributed by atoms with Crippen molar-refractivity contribution < 1.29 is 4.92 Å². The summed E-state index contributed by atoms with van der Waals surface area (Å²) in [6, 6.07) is 2.05. The number of anilines is 1. The molecule has 6 nitrogen and oxygen atoms in total. The zero-order chi connectivity index (χ0) is 14.9. The molecule has 0 aliphatic carbocycles. The van der Waals surface area contributed by atoms with Gasteiger partial charge in [-0.05, 0) is 42.8 Å². The Labute approximate surface area is 129 Å². The highest BCUT2D eigenvalue weighted by Crippen LogP contribution is 2.31. The fourth-order valence-electron chi connectivity index (χ4n) is 1.91. The van der Waals surface area contributed by atoms with Gasteiger partial charge in [0.15, 0.2) is 0 Å². The maximum absolute atomic E-state index is 11.2. The van der Waals surface area contributed by atoms with Crippen molar-refractivity contribution in [2.75, 3.05) is 5.32 Å². The van der Waals surface area contributed by atoms with Crippen molar-refractivity contribution in [2.45, 2.75) is 33.4 Å². The van der Waals surface area contributed by atoms with E-state index in [2.05, 4.69) is 26.3 Å². The largest absolute Gasteiger partial charge is 0.360 e. The van der Waals surface area contributed by atoms with Crippen molar-refractivity contribution >= 4 is 38.8 Å². The Morgan fingerprint density at radius 3 is 2.80 bits per heavy atom. The molecule has 0 amide bonds. The molecule has 0 radical (unpaired) electrons. The minimum atomic E-state index is -0.381. The van der Waals surface area contributed by atoms with E-state index in [1.807, 2.05) is 25.3 Å². The lowest BCUT2D eigenvalue weighted by Gasteiger charge is -2.11. The third-order valence-corrected chi connectivity index (χ3v) is 4.47. The van der Waals surface area contributed by atoms with Gasteiger partial charge in [-0.15, -0.1) is 11.3 Å². The smallest absolute Gasteiger partial charge is 0.333 e. The van der Waals surface area contributed by atoms with Gasteiger partial charge in [-0.2, -0.15) is 5.10 Å². The molecule has 0 aliphatic heterocycles. The summed E-state index contributed by atoms with van der Waals surface area (Å²) in [5.41, 5.74) is 0.480. The first-order valence-corrected chi connectivity index (χ1v) is 7.77. The number of aromatic nitrogens is 2. The van der Waals surface area contributed by atoms with E-state index in [9.17, 15) is 10.1 Å². The average molecular weight is 359 g/mol. The summed E-state index contributed by atoms with van der Waals surface area (Å²) in [6.07, 6.45) is 0. The first kappa shape index (κ1) is 15.0. The Kier molecular flexibility index (Phi) is 4.44. The minimum absolute atomic E-state index is 0.0503. The Hall–Kier alpha value is -1.41. The van der Waals surface area contributed by atoms with Crippen LogP contribution in [0.3, 0.4) is 0 Å². The first-order valence-electron chi connectivity index (χ1n) is 6.10. The Morgan fingerprint density at radius 1 is 1.60 bits per heavy atom. The standard InChI is InChI=1S/C12H15BrN4O2S/c1-7(2)16-12(11(17(18)19)8(3)15-16)14-5-10-4-9(13)6-20-10/h4,6-7,14H,5H2,1-3H3. The maximum atomic E-state index is 11.2. The second-order valence-corrected chi connectivity index (χ2v) is 6.57. The van der Waals surface area contributed by atoms with E-state index in [0.717, 1.165) is 9.35 Å². The highest BCUT2D eigenvalue weighted by Gasteiger charge is 2.26. The molecule has 20 heavy (non-hydrogen) atoms. The van der Waals surface area contributed by atoms with E-state index < -0.39 is 0 Å². The molecule has 0 atom stereocenters. The normalized spacial score (nSPS) is 11.1. The van der Waals surface area contributed by atoms with Crippen LogP contribution in [0.2, 0.25) is 0 Å². The van der Waals surface area contributed by atoms with Crippen LogP contribution in [0.5, 0.6) is 0 Å². The van der Waals surface area contributed by atoms with E-state index in [1.165, 1.54) is 0 Å². The lowest BCUT2D eigenvalue weighted by atomic mass is 10.3. The quantitative estimate of drug-likeness (QED) is 0.644. The van der Waals surface area contributed by atoms with Gasteiger partial charge >= 0.3 is 5.69 Å². The number of aryl methyl sites for hydroxylation is 1. The highest BCUT2D eigenvalue weighted by atomic mass is 79.9. The zero-order valence-corrected chi connectivity index (χ0v) is 13.8. The van der Waals surface area contributed by atoms with Crippen molar-refractivity contribution in [2.24, 2.45) is 0 Å². The number of thiophene rings is 1. The molecule has 8 heteroatoms. The van der Waals surface area contributed by atoms with Crippen LogP contribution in [0.25, 0.3) is 0 Å². The molecule has 0 fully saturated rings. The fourth-order valence-corrected chi connectivity index (χ4v) is 3.30. The molecule has 0 saturated carbocycles. The van der Waals surface area contributed by atoms with E-state index in [4.69, 9.17) is 0 Å². The van der Waals surface area contributed by atoms with Crippen LogP contribution >= 0.6 is 27.3 Å². The van der Waals surface area contributed by atoms with Crippen molar-refractivity contribution in [1.82, 2.24) is 9.78 Å². The summed E-state index contributed by atoms with van der Waals surface area (Å²) in [6.45, 7) is 6.09. The summed E-state index contributed by atoms with van der Waals surface area (Å²) < 4.78 is 2.68. The summed E-state index contributed by atoms with van der Waals surface area (Å²) >= 11 is 4.99. The van der Waals surface area contributed by atoms with Crippen molar-refractivity contribution in [3.63, 3.8) is 0 Å². The molecule has 2 heterocycles. The third kappa shape index (κ3) is 3.01. The van der Waals surface area contributed by atoms with Crippen LogP contribution in [0.4, 0.5) is 11.5 Å². The Morgan fingerprint density at radius 2 is 2.30 bits per heavy atom. The van der Waals surface area contributed by atoms with Crippen LogP contribution in [-0.4, -0.2) is 14.7 Å². The zero-order valence-electron chi connectivity index (χ0n) is 11.4. The number of rotatable bonds is 5. The maximum Gasteiger partial charge on any atom is 0.333 e.